The summed E-state index contributed by atoms with van der Waals surface area (Å²) in [5, 5.41) is -0.274. The van der Waals surface area contributed by atoms with Crippen LogP contribution in [0.2, 0.25) is 46.1 Å². The highest BCUT2D eigenvalue weighted by Gasteiger charge is 2.55. The molecule has 0 unspecified atom stereocenters. The number of ether oxygens (including phenoxy) is 4. The topological polar surface area (TPSA) is 313 Å². The average molecular weight is 2150 g/mol. The van der Waals surface area contributed by atoms with Crippen LogP contribution in [-0.4, -0.2) is 206 Å². The number of hydrogen-bond acceptors (Lipinski definition) is 23. The number of carbonyl (C=O) groups is 4. The minimum Gasteiger partial charge on any atom is -0.464 e. The first-order valence-corrected chi connectivity index (χ1v) is 45.2. The van der Waals surface area contributed by atoms with Gasteiger partial charge in [0.2, 0.25) is 0 Å². The van der Waals surface area contributed by atoms with E-state index in [2.05, 4.69) is 80.1 Å². The number of fused-ring (bicyclic) bond motifs is 2. The molecule has 3 aliphatic heterocycles. The summed E-state index contributed by atoms with van der Waals surface area (Å²) in [7, 11) is -6.27. The van der Waals surface area contributed by atoms with Crippen LogP contribution in [0, 0.1) is 20.8 Å². The molecule has 3 amide bonds. The fraction of sp³-hybridized carbons (Fsp3) is 0.458. The Hall–Kier alpha value is -8.07. The van der Waals surface area contributed by atoms with Crippen LogP contribution in [0.4, 0.5) is 78.2 Å². The number of amides is 3. The van der Waals surface area contributed by atoms with Crippen molar-refractivity contribution < 1.29 is 108 Å². The van der Waals surface area contributed by atoms with Gasteiger partial charge in [-0.15, -0.1) is 0 Å². The number of primary amides is 1. The second-order valence-corrected chi connectivity index (χ2v) is 38.2. The van der Waals surface area contributed by atoms with Gasteiger partial charge in [0.05, 0.1) is 59.3 Å². The van der Waals surface area contributed by atoms with Crippen molar-refractivity contribution >= 4 is 201 Å². The quantitative estimate of drug-likeness (QED) is 0.0253. The molecule has 0 saturated carbocycles. The molecule has 12 rings (SSSR count). The summed E-state index contributed by atoms with van der Waals surface area (Å²) in [6.45, 7) is 34.0. The Morgan fingerprint density at radius 2 is 0.865 bits per heavy atom. The van der Waals surface area contributed by atoms with Gasteiger partial charge in [-0.3, -0.25) is 4.98 Å². The van der Waals surface area contributed by atoms with E-state index in [1.807, 2.05) is 100 Å². The van der Waals surface area contributed by atoms with Gasteiger partial charge < -0.3 is 53.6 Å². The number of methoxy groups -OCH3 is 1. The summed E-state index contributed by atoms with van der Waals surface area (Å²) < 4.78 is 196. The first-order chi connectivity index (χ1) is 60.9. The van der Waals surface area contributed by atoms with E-state index >= 15 is 0 Å². The number of carbonyl (C=O) groups excluding carboxylic acids is 4. The number of nitrogens with two attached hydrogens (primary N) is 1. The number of pyridine rings is 5. The molecule has 3 saturated heterocycles. The fourth-order valence-corrected chi connectivity index (χ4v) is 14.1. The first-order valence-electron chi connectivity index (χ1n) is 39.3. The van der Waals surface area contributed by atoms with E-state index < -0.39 is 100 Å². The molecule has 2 N–H and O–H groups in total. The molecule has 0 bridgehead atoms. The third-order valence-corrected chi connectivity index (χ3v) is 22.2. The predicted octanol–water partition coefficient (Wildman–Crippen LogP) is 23.0. The number of alkyl halides is 12. The van der Waals surface area contributed by atoms with Gasteiger partial charge in [0.25, 0.3) is 0 Å². The minimum absolute atomic E-state index is 0.0137. The van der Waals surface area contributed by atoms with Crippen molar-refractivity contribution in [2.75, 3.05) is 69.3 Å². The molecule has 7 aromatic heterocycles. The zero-order valence-electron chi connectivity index (χ0n) is 74.3. The number of aromatic nitrogens is 9. The molecule has 3 fully saturated rings. The van der Waals surface area contributed by atoms with Crippen LogP contribution >= 0.6 is 120 Å². The largest absolute Gasteiger partial charge is 0.496 e. The highest BCUT2D eigenvalue weighted by atomic mass is 79.9. The number of halogens is 22. The number of rotatable bonds is 10. The Kier molecular flexibility index (Phi) is 41.9. The molecule has 26 nitrogen and oxygen atoms in total. The lowest BCUT2D eigenvalue weighted by Crippen LogP contribution is -2.50. The molecule has 9 aromatic rings. The molecule has 133 heavy (non-hydrogen) atoms. The number of anilines is 2. The third-order valence-electron chi connectivity index (χ3n) is 18.2. The van der Waals surface area contributed by atoms with E-state index in [1.165, 1.54) is 36.7 Å². The van der Waals surface area contributed by atoms with E-state index in [1.54, 1.807) is 81.1 Å². The molecule has 730 valence electrons. The van der Waals surface area contributed by atoms with Crippen molar-refractivity contribution in [3.8, 4) is 11.3 Å². The second kappa shape index (κ2) is 48.3. The van der Waals surface area contributed by atoms with Gasteiger partial charge >= 0.3 is 65.4 Å². The van der Waals surface area contributed by atoms with E-state index in [0.29, 0.717) is 129 Å². The van der Waals surface area contributed by atoms with Crippen LogP contribution in [0.3, 0.4) is 0 Å². The van der Waals surface area contributed by atoms with Crippen LogP contribution in [0.25, 0.3) is 33.1 Å². The standard InChI is InChI=1S/C25H27ClF3N5O2.C23H32BClN4O4.C8H7ClF3N.C7H4Cl2F3N.C6H4BrCl2N.C6H5Cl2N.C5H11NO2.C3H3F3O4S/c1-15-16(13-25(27,28)29)5-6-20(32-15)17-12-21-18(11-19(17)26)22(31-14-30-21)33-7-9-34(10-8-33)23(35)36-24(2,3)4;1-21(2,3)31-20(30)29-10-8-28(9-11-29)19-15-12-17(25)16(13-18(15)26-14-27-19)24-32-22(4,5)23(6,7)33-24;1-5-2-3-6(7(9)13-5)4-8(10,11)12;8-5-2-1-4(6(9)13-5)3-7(10,11)12;7-3-4-1-2-5(8)10-6(4)9;1-4-2-3-5(7)9-6(4)8;1-5(2,3)8-4(6)7;1-10-2(7)3(4,5)11(6,8)9/h5-6,11-12,14H,7-10,13H2,1-4H3;12-14H,8-11H2,1-7H3;2-3H,4H2,1H3;1-2H,3H2;1-2H,3H2;2-3H,1H3;1-3H3,(H2,6,7);1H3. The number of nitrogens with zero attached hydrogens (tertiary/aromatic N) is 13. The van der Waals surface area contributed by atoms with Gasteiger partial charge in [0, 0.05) is 101 Å². The molecule has 0 radical (unpaired) electrons. The van der Waals surface area contributed by atoms with Crippen molar-refractivity contribution in [1.82, 2.24) is 54.7 Å². The molecular formula is C83H93BBrCl9F12N14O12S. The summed E-state index contributed by atoms with van der Waals surface area (Å²) in [4.78, 5) is 89.4. The number of benzene rings is 2. The summed E-state index contributed by atoms with van der Waals surface area (Å²) >= 11 is 55.4. The van der Waals surface area contributed by atoms with Crippen molar-refractivity contribution in [2.24, 2.45) is 5.73 Å². The molecular weight excluding hydrogens is 2050 g/mol. The maximum atomic E-state index is 12.8. The lowest BCUT2D eigenvalue weighted by atomic mass is 9.78. The number of aryl methyl sites for hydroxylation is 3. The Labute approximate surface area is 814 Å². The Bertz CT molecular complexity index is 5570. The Balaban J connectivity index is 0.000000290. The molecule has 50 heteroatoms. The Morgan fingerprint density at radius 3 is 1.21 bits per heavy atom. The SMILES string of the molecule is CC(C)(C)OC(=O)N1CCN(c2ncnc3cc(B4OC(C)(C)C(C)(C)O4)c(Cl)cc23)CC1.CC(C)(C)OC(N)=O.COC(=O)C(F)(F)S(=O)(=O)F.Cc1ccc(CC(F)(F)F)c(Cl)n1.Cc1ccc(Cl)nc1Cl.Cc1nc(-c2cc3ncnc(N4CCN(C(=O)OC(C)(C)C)CC4)c3cc2Cl)ccc1CC(F)(F)F.Clc1ccc(CBr)c(Cl)n1.FC(F)(F)Cc1ccc(Cl)nc1Cl. The molecule has 0 atom stereocenters. The molecule has 10 heterocycles. The van der Waals surface area contributed by atoms with Crippen LogP contribution in [0.1, 0.15) is 129 Å². The van der Waals surface area contributed by atoms with Gasteiger partial charge in [0.1, 0.15) is 77.2 Å². The zero-order valence-corrected chi connectivity index (χ0v) is 83.5. The highest BCUT2D eigenvalue weighted by Crippen LogP contribution is 2.40. The predicted molar refractivity (Wildman–Crippen MR) is 494 cm³/mol. The van der Waals surface area contributed by atoms with Gasteiger partial charge in [-0.1, -0.05) is 155 Å². The Morgan fingerprint density at radius 1 is 0.489 bits per heavy atom. The summed E-state index contributed by atoms with van der Waals surface area (Å²) in [5.41, 5.74) is 8.34. The summed E-state index contributed by atoms with van der Waals surface area (Å²) in [6.07, 6.45) is -14.3. The van der Waals surface area contributed by atoms with E-state index in [-0.39, 0.29) is 44.3 Å². The van der Waals surface area contributed by atoms with Gasteiger partial charge in [-0.2, -0.15) is 56.7 Å². The van der Waals surface area contributed by atoms with Crippen LogP contribution < -0.4 is 21.0 Å². The van der Waals surface area contributed by atoms with Crippen molar-refractivity contribution in [2.45, 2.75) is 187 Å². The summed E-state index contributed by atoms with van der Waals surface area (Å²) in [6, 6.07) is 22.7. The fourth-order valence-electron chi connectivity index (χ4n) is 11.2. The van der Waals surface area contributed by atoms with Crippen LogP contribution in [0.5, 0.6) is 0 Å². The van der Waals surface area contributed by atoms with E-state index in [4.69, 9.17) is 129 Å². The second-order valence-electron chi connectivity index (χ2n) is 32.9. The normalized spacial score (nSPS) is 14.5. The zero-order chi connectivity index (χ0) is 101. The van der Waals surface area contributed by atoms with E-state index in [0.717, 1.165) is 38.7 Å². The van der Waals surface area contributed by atoms with Crippen LogP contribution in [0.15, 0.2) is 97.6 Å². The number of piperazine rings is 2. The van der Waals surface area contributed by atoms with Gasteiger partial charge in [0.15, 0.2) is 0 Å². The first kappa shape index (κ1) is 115. The molecule has 0 aliphatic carbocycles. The lowest BCUT2D eigenvalue weighted by molar-refractivity contribution is -0.158. The van der Waals surface area contributed by atoms with Crippen molar-refractivity contribution in [3.63, 3.8) is 0 Å². The maximum Gasteiger partial charge on any atom is 0.496 e. The minimum atomic E-state index is -6.22. The van der Waals surface area contributed by atoms with Crippen molar-refractivity contribution in [1.29, 1.82) is 0 Å². The number of esters is 1. The highest BCUT2D eigenvalue weighted by molar-refractivity contribution is 9.08. The summed E-state index contributed by atoms with van der Waals surface area (Å²) in [5.74, 6) is -0.951. The average Bonchev–Trinajstić information content (AvgIpc) is 1.68. The number of hydrogen-bond donors (Lipinski definition) is 1. The monoisotopic (exact) mass is 2140 g/mol. The smallest absolute Gasteiger partial charge is 0.464 e. The maximum absolute atomic E-state index is 12.8. The van der Waals surface area contributed by atoms with Crippen LogP contribution in [-0.2, 0) is 67.9 Å². The molecule has 3 aliphatic rings. The third kappa shape index (κ3) is 37.8. The van der Waals surface area contributed by atoms with Gasteiger partial charge in [-0.25, -0.2) is 59.0 Å². The van der Waals surface area contributed by atoms with Gasteiger partial charge in [-0.05, 0) is 188 Å². The van der Waals surface area contributed by atoms with Crippen molar-refractivity contribution in [3.05, 3.63) is 183 Å². The molecule has 0 spiro atoms. The van der Waals surface area contributed by atoms with E-state index in [9.17, 15) is 79.8 Å². The lowest BCUT2D eigenvalue weighted by Gasteiger charge is -2.36. The molecule has 2 aromatic carbocycles.